The van der Waals surface area contributed by atoms with Gasteiger partial charge in [0.25, 0.3) is 0 Å². The normalized spacial score (nSPS) is 24.7. The minimum absolute atomic E-state index is 0.115. The van der Waals surface area contributed by atoms with Crippen molar-refractivity contribution in [1.29, 1.82) is 0 Å². The molecule has 2 atom stereocenters. The summed E-state index contributed by atoms with van der Waals surface area (Å²) in [6, 6.07) is 10.1. The average molecular weight is 341 g/mol. The van der Waals surface area contributed by atoms with E-state index in [-0.39, 0.29) is 5.43 Å². The lowest BCUT2D eigenvalue weighted by atomic mass is 9.95. The molecule has 0 saturated carbocycles. The third kappa shape index (κ3) is 3.64. The molecule has 3 saturated heterocycles. The number of pyridine rings is 1. The van der Waals surface area contributed by atoms with Crippen molar-refractivity contribution in [3.8, 4) is 0 Å². The highest BCUT2D eigenvalue weighted by Gasteiger charge is 2.34. The van der Waals surface area contributed by atoms with Crippen LogP contribution in [-0.4, -0.2) is 60.7 Å². The number of aromatic amines is 1. The molecule has 5 heteroatoms. The van der Waals surface area contributed by atoms with Gasteiger partial charge in [-0.1, -0.05) is 12.1 Å². The number of hydrogen-bond acceptors (Lipinski definition) is 4. The molecule has 2 aromatic rings. The Bertz CT molecular complexity index is 788. The van der Waals surface area contributed by atoms with E-state index in [4.69, 9.17) is 4.74 Å². The van der Waals surface area contributed by atoms with Crippen LogP contribution in [0.1, 0.15) is 18.5 Å². The molecular weight excluding hydrogens is 314 g/mol. The van der Waals surface area contributed by atoms with Crippen molar-refractivity contribution in [1.82, 2.24) is 14.8 Å². The number of para-hydroxylation sites is 1. The Labute approximate surface area is 148 Å². The lowest BCUT2D eigenvalue weighted by Gasteiger charge is -2.35. The summed E-state index contributed by atoms with van der Waals surface area (Å²) in [5.74, 6) is 0.725. The summed E-state index contributed by atoms with van der Waals surface area (Å²) in [4.78, 5) is 20.9. The van der Waals surface area contributed by atoms with E-state index in [1.165, 1.54) is 19.4 Å². The number of fused-ring (bicyclic) bond motifs is 5. The first-order valence-electron chi connectivity index (χ1n) is 9.29. The number of nitrogens with zero attached hydrogens (tertiary/aromatic N) is 2. The number of piperidine rings is 1. The van der Waals surface area contributed by atoms with Crippen LogP contribution in [0.15, 0.2) is 35.1 Å². The van der Waals surface area contributed by atoms with E-state index in [0.717, 1.165) is 55.3 Å². The van der Waals surface area contributed by atoms with E-state index in [9.17, 15) is 4.79 Å². The van der Waals surface area contributed by atoms with Crippen LogP contribution in [0.25, 0.3) is 10.9 Å². The zero-order valence-electron chi connectivity index (χ0n) is 14.9. The number of ether oxygens (including phenoxy) is 1. The SMILES string of the molecule is COCCN1C[C@H]2CC[C@@H]1CN(Cc1cc(=O)c3ccccc3[nH]1)C2. The fourth-order valence-electron chi connectivity index (χ4n) is 4.47. The second-order valence-corrected chi connectivity index (χ2v) is 7.48. The molecule has 5 rings (SSSR count). The van der Waals surface area contributed by atoms with E-state index < -0.39 is 0 Å². The predicted octanol–water partition coefficient (Wildman–Crippen LogP) is 2.07. The van der Waals surface area contributed by atoms with E-state index in [1.54, 1.807) is 13.2 Å². The second-order valence-electron chi connectivity index (χ2n) is 7.48. The van der Waals surface area contributed by atoms with Gasteiger partial charge in [-0.3, -0.25) is 14.6 Å². The van der Waals surface area contributed by atoms with Crippen molar-refractivity contribution in [2.45, 2.75) is 25.4 Å². The highest BCUT2D eigenvalue weighted by Crippen LogP contribution is 2.28. The lowest BCUT2D eigenvalue weighted by Crippen LogP contribution is -2.45. The van der Waals surface area contributed by atoms with Gasteiger partial charge in [-0.05, 0) is 30.9 Å². The van der Waals surface area contributed by atoms with Gasteiger partial charge in [0.1, 0.15) is 0 Å². The Balaban J connectivity index is 1.51. The second kappa shape index (κ2) is 7.28. The number of nitrogens with one attached hydrogen (secondary N) is 1. The van der Waals surface area contributed by atoms with E-state index in [2.05, 4.69) is 14.8 Å². The van der Waals surface area contributed by atoms with Crippen LogP contribution < -0.4 is 5.43 Å². The fraction of sp³-hybridized carbons (Fsp3) is 0.550. The molecule has 0 unspecified atom stereocenters. The number of methoxy groups -OCH3 is 1. The highest BCUT2D eigenvalue weighted by atomic mass is 16.5. The van der Waals surface area contributed by atoms with Gasteiger partial charge in [-0.25, -0.2) is 0 Å². The summed E-state index contributed by atoms with van der Waals surface area (Å²) in [5.41, 5.74) is 2.07. The molecule has 0 spiro atoms. The van der Waals surface area contributed by atoms with Crippen molar-refractivity contribution in [2.24, 2.45) is 5.92 Å². The van der Waals surface area contributed by atoms with Gasteiger partial charge in [0, 0.05) is 68.5 Å². The molecule has 1 aromatic heterocycles. The van der Waals surface area contributed by atoms with Crippen LogP contribution in [0, 0.1) is 5.92 Å². The van der Waals surface area contributed by atoms with Crippen LogP contribution >= 0.6 is 0 Å². The molecule has 4 heterocycles. The number of aromatic nitrogens is 1. The molecule has 0 radical (unpaired) electrons. The summed E-state index contributed by atoms with van der Waals surface area (Å²) in [6.45, 7) is 6.04. The average Bonchev–Trinajstić information content (AvgIpc) is 2.90. The van der Waals surface area contributed by atoms with Gasteiger partial charge in [0.05, 0.1) is 6.61 Å². The van der Waals surface area contributed by atoms with Crippen molar-refractivity contribution in [3.05, 3.63) is 46.2 Å². The molecule has 3 aliphatic rings. The van der Waals surface area contributed by atoms with Crippen LogP contribution in [0.5, 0.6) is 0 Å². The Hall–Kier alpha value is -1.69. The van der Waals surface area contributed by atoms with E-state index >= 15 is 0 Å². The summed E-state index contributed by atoms with van der Waals surface area (Å²) in [5, 5.41) is 0.771. The number of benzene rings is 1. The molecule has 25 heavy (non-hydrogen) atoms. The van der Waals surface area contributed by atoms with Gasteiger partial charge in [-0.2, -0.15) is 0 Å². The van der Waals surface area contributed by atoms with Crippen molar-refractivity contribution >= 4 is 10.9 Å². The maximum Gasteiger partial charge on any atom is 0.189 e. The molecule has 2 bridgehead atoms. The molecule has 3 aliphatic heterocycles. The quantitative estimate of drug-likeness (QED) is 0.904. The number of H-pyrrole nitrogens is 1. The monoisotopic (exact) mass is 341 g/mol. The zero-order chi connectivity index (χ0) is 17.2. The van der Waals surface area contributed by atoms with E-state index in [1.807, 2.05) is 24.3 Å². The van der Waals surface area contributed by atoms with E-state index in [0.29, 0.717) is 6.04 Å². The summed E-state index contributed by atoms with van der Waals surface area (Å²) < 4.78 is 5.27. The van der Waals surface area contributed by atoms with Crippen LogP contribution in [-0.2, 0) is 11.3 Å². The topological polar surface area (TPSA) is 48.6 Å². The molecular formula is C20H27N3O2. The Morgan fingerprint density at radius 3 is 2.96 bits per heavy atom. The number of hydrogen-bond donors (Lipinski definition) is 1. The molecule has 3 fully saturated rings. The Morgan fingerprint density at radius 2 is 2.08 bits per heavy atom. The van der Waals surface area contributed by atoms with Crippen molar-refractivity contribution < 1.29 is 4.74 Å². The minimum Gasteiger partial charge on any atom is -0.383 e. The first-order valence-corrected chi connectivity index (χ1v) is 9.29. The molecule has 0 amide bonds. The highest BCUT2D eigenvalue weighted by molar-refractivity contribution is 5.78. The van der Waals surface area contributed by atoms with Crippen molar-refractivity contribution in [2.75, 3.05) is 39.9 Å². The van der Waals surface area contributed by atoms with Gasteiger partial charge < -0.3 is 9.72 Å². The first-order chi connectivity index (χ1) is 12.2. The van der Waals surface area contributed by atoms with Crippen molar-refractivity contribution in [3.63, 3.8) is 0 Å². The van der Waals surface area contributed by atoms with Gasteiger partial charge in [0.2, 0.25) is 0 Å². The fourth-order valence-corrected chi connectivity index (χ4v) is 4.47. The standard InChI is InChI=1S/C20H27N3O2/c1-25-9-8-23-12-15-6-7-17(23)14-22(11-15)13-16-10-20(24)18-4-2-3-5-19(18)21-16/h2-5,10,15,17H,6-9,11-14H2,1H3,(H,21,24)/t15-,17+/m0/s1. The number of rotatable bonds is 5. The van der Waals surface area contributed by atoms with Crippen LogP contribution in [0.3, 0.4) is 0 Å². The first kappa shape index (κ1) is 16.8. The van der Waals surface area contributed by atoms with Crippen LogP contribution in [0.4, 0.5) is 0 Å². The largest absolute Gasteiger partial charge is 0.383 e. The summed E-state index contributed by atoms with van der Waals surface area (Å²) in [6.07, 6.45) is 2.60. The minimum atomic E-state index is 0.115. The van der Waals surface area contributed by atoms with Gasteiger partial charge in [0.15, 0.2) is 5.43 Å². The summed E-state index contributed by atoms with van der Waals surface area (Å²) in [7, 11) is 1.78. The third-order valence-corrected chi connectivity index (χ3v) is 5.67. The molecule has 0 aliphatic carbocycles. The molecule has 1 N–H and O–H groups in total. The molecule has 5 nitrogen and oxygen atoms in total. The predicted molar refractivity (Wildman–Crippen MR) is 99.8 cm³/mol. The maximum atomic E-state index is 12.4. The summed E-state index contributed by atoms with van der Waals surface area (Å²) >= 11 is 0. The van der Waals surface area contributed by atoms with Crippen LogP contribution in [0.2, 0.25) is 0 Å². The maximum absolute atomic E-state index is 12.4. The van der Waals surface area contributed by atoms with Gasteiger partial charge in [-0.15, -0.1) is 0 Å². The smallest absolute Gasteiger partial charge is 0.189 e. The Morgan fingerprint density at radius 1 is 1.20 bits per heavy atom. The Kier molecular flexibility index (Phi) is 4.88. The lowest BCUT2D eigenvalue weighted by molar-refractivity contribution is 0.0867. The third-order valence-electron chi connectivity index (χ3n) is 5.67. The molecule has 1 aromatic carbocycles. The van der Waals surface area contributed by atoms with Gasteiger partial charge >= 0.3 is 0 Å². The zero-order valence-corrected chi connectivity index (χ0v) is 14.9. The molecule has 134 valence electrons.